The van der Waals surface area contributed by atoms with Gasteiger partial charge >= 0.3 is 0 Å². The lowest BCUT2D eigenvalue weighted by atomic mass is 10.3. The van der Waals surface area contributed by atoms with Crippen molar-refractivity contribution in [3.63, 3.8) is 0 Å². The van der Waals surface area contributed by atoms with Gasteiger partial charge in [-0.25, -0.2) is 0 Å². The van der Waals surface area contributed by atoms with Crippen molar-refractivity contribution in [1.29, 1.82) is 0 Å². The van der Waals surface area contributed by atoms with Crippen LogP contribution in [0.4, 0.5) is 0 Å². The van der Waals surface area contributed by atoms with E-state index in [4.69, 9.17) is 0 Å². The molecule has 1 amide bonds. The maximum atomic E-state index is 11.5. The van der Waals surface area contributed by atoms with Crippen LogP contribution < -0.4 is 10.6 Å². The fourth-order valence-corrected chi connectivity index (χ4v) is 1.42. The van der Waals surface area contributed by atoms with Gasteiger partial charge in [0.25, 0.3) is 0 Å². The van der Waals surface area contributed by atoms with Crippen molar-refractivity contribution < 1.29 is 4.79 Å². The minimum absolute atomic E-state index is 0.0241. The first-order valence-corrected chi connectivity index (χ1v) is 5.49. The number of rotatable bonds is 6. The third-order valence-corrected chi connectivity index (χ3v) is 2.22. The van der Waals surface area contributed by atoms with Crippen LogP contribution in [0.3, 0.4) is 0 Å². The molecular weight excluding hydrogens is 206 g/mol. The van der Waals surface area contributed by atoms with Crippen molar-refractivity contribution in [1.82, 2.24) is 25.4 Å². The Kier molecular flexibility index (Phi) is 4.91. The molecule has 6 nitrogen and oxygen atoms in total. The zero-order chi connectivity index (χ0) is 12.0. The predicted molar refractivity (Wildman–Crippen MR) is 60.7 cm³/mol. The Bertz CT molecular complexity index is 336. The zero-order valence-electron chi connectivity index (χ0n) is 10.0. The summed E-state index contributed by atoms with van der Waals surface area (Å²) in [6, 6.07) is -0.122. The monoisotopic (exact) mass is 225 g/mol. The first-order chi connectivity index (χ1) is 7.65. The smallest absolute Gasteiger partial charge is 0.234 e. The molecule has 1 rings (SSSR count). The molecule has 90 valence electrons. The van der Waals surface area contributed by atoms with Gasteiger partial charge in [-0.2, -0.15) is 0 Å². The van der Waals surface area contributed by atoms with Gasteiger partial charge in [0.1, 0.15) is 6.33 Å². The maximum absolute atomic E-state index is 11.5. The number of carbonyl (C=O) groups is 1. The van der Waals surface area contributed by atoms with Crippen LogP contribution in [0.5, 0.6) is 0 Å². The van der Waals surface area contributed by atoms with E-state index in [9.17, 15) is 4.79 Å². The molecule has 1 aromatic heterocycles. The summed E-state index contributed by atoms with van der Waals surface area (Å²) in [5.41, 5.74) is 0. The molecule has 0 saturated carbocycles. The summed E-state index contributed by atoms with van der Waals surface area (Å²) in [6.07, 6.45) is 2.64. The van der Waals surface area contributed by atoms with Gasteiger partial charge in [-0.15, -0.1) is 10.2 Å². The Balaban J connectivity index is 2.37. The molecule has 16 heavy (non-hydrogen) atoms. The largest absolute Gasteiger partial charge is 0.345 e. The molecule has 0 aliphatic rings. The fourth-order valence-electron chi connectivity index (χ4n) is 1.42. The third kappa shape index (κ3) is 3.62. The average Bonchev–Trinajstić information content (AvgIpc) is 2.65. The summed E-state index contributed by atoms with van der Waals surface area (Å²) in [5, 5.41) is 13.6. The van der Waals surface area contributed by atoms with Crippen molar-refractivity contribution in [3.05, 3.63) is 12.2 Å². The van der Waals surface area contributed by atoms with Crippen molar-refractivity contribution in [2.45, 2.75) is 26.3 Å². The normalized spacial score (nSPS) is 12.4. The van der Waals surface area contributed by atoms with E-state index in [1.165, 1.54) is 0 Å². The van der Waals surface area contributed by atoms with Crippen molar-refractivity contribution in [2.75, 3.05) is 13.1 Å². The lowest BCUT2D eigenvalue weighted by molar-refractivity contribution is -0.120. The van der Waals surface area contributed by atoms with Crippen LogP contribution in [0.1, 0.15) is 32.1 Å². The summed E-state index contributed by atoms with van der Waals surface area (Å²) in [7, 11) is 1.85. The predicted octanol–water partition coefficient (Wildman–Crippen LogP) is -0.00810. The zero-order valence-corrected chi connectivity index (χ0v) is 10.0. The van der Waals surface area contributed by atoms with E-state index in [1.807, 2.05) is 14.0 Å². The molecule has 1 unspecified atom stereocenters. The summed E-state index contributed by atoms with van der Waals surface area (Å²) in [4.78, 5) is 11.5. The second kappa shape index (κ2) is 6.22. The maximum Gasteiger partial charge on any atom is 0.234 e. The molecule has 0 spiro atoms. The first kappa shape index (κ1) is 12.6. The molecular formula is C10H19N5O. The minimum Gasteiger partial charge on any atom is -0.345 e. The summed E-state index contributed by atoms with van der Waals surface area (Å²) >= 11 is 0. The highest BCUT2D eigenvalue weighted by atomic mass is 16.2. The third-order valence-electron chi connectivity index (χ3n) is 2.22. The molecule has 2 N–H and O–H groups in total. The van der Waals surface area contributed by atoms with Crippen molar-refractivity contribution >= 4 is 5.91 Å². The van der Waals surface area contributed by atoms with E-state index in [0.717, 1.165) is 18.8 Å². The molecule has 0 fully saturated rings. The van der Waals surface area contributed by atoms with E-state index in [-0.39, 0.29) is 11.9 Å². The fraction of sp³-hybridized carbons (Fsp3) is 0.700. The molecule has 1 heterocycles. The number of aromatic nitrogens is 3. The van der Waals surface area contributed by atoms with E-state index in [2.05, 4.69) is 27.8 Å². The van der Waals surface area contributed by atoms with Crippen LogP contribution in [0.15, 0.2) is 6.33 Å². The van der Waals surface area contributed by atoms with Gasteiger partial charge in [0.05, 0.1) is 12.6 Å². The van der Waals surface area contributed by atoms with E-state index < -0.39 is 0 Å². The standard InChI is InChI=1S/C10H19N5O/c1-4-5-11-6-9(16)13-8(2)10-14-12-7-15(10)3/h7-8,11H,4-6H2,1-3H3,(H,13,16). The Hall–Kier alpha value is -1.43. The average molecular weight is 225 g/mol. The number of nitrogens with zero attached hydrogens (tertiary/aromatic N) is 3. The van der Waals surface area contributed by atoms with Crippen LogP contribution in [0.25, 0.3) is 0 Å². The van der Waals surface area contributed by atoms with Crippen LogP contribution in [-0.4, -0.2) is 33.8 Å². The van der Waals surface area contributed by atoms with Crippen LogP contribution in [0.2, 0.25) is 0 Å². The molecule has 0 aliphatic heterocycles. The van der Waals surface area contributed by atoms with Crippen LogP contribution >= 0.6 is 0 Å². The topological polar surface area (TPSA) is 71.8 Å². The minimum atomic E-state index is -0.122. The Morgan fingerprint density at radius 3 is 2.94 bits per heavy atom. The summed E-state index contributed by atoms with van der Waals surface area (Å²) in [6.45, 7) is 5.15. The lowest BCUT2D eigenvalue weighted by Crippen LogP contribution is -2.36. The molecule has 0 bridgehead atoms. The Labute approximate surface area is 95.4 Å². The lowest BCUT2D eigenvalue weighted by Gasteiger charge is -2.13. The second-order valence-electron chi connectivity index (χ2n) is 3.77. The quantitative estimate of drug-likeness (QED) is 0.668. The van der Waals surface area contributed by atoms with Gasteiger partial charge in [-0.3, -0.25) is 4.79 Å². The van der Waals surface area contributed by atoms with Gasteiger partial charge in [-0.1, -0.05) is 6.92 Å². The SMILES string of the molecule is CCCNCC(=O)NC(C)c1nncn1C. The van der Waals surface area contributed by atoms with Crippen molar-refractivity contribution in [3.8, 4) is 0 Å². The van der Waals surface area contributed by atoms with Gasteiger partial charge < -0.3 is 15.2 Å². The number of nitrogens with one attached hydrogen (secondary N) is 2. The molecule has 0 saturated heterocycles. The number of hydrogen-bond acceptors (Lipinski definition) is 4. The number of amides is 1. The molecule has 0 aliphatic carbocycles. The molecule has 0 aromatic carbocycles. The van der Waals surface area contributed by atoms with Gasteiger partial charge in [0.15, 0.2) is 5.82 Å². The number of hydrogen-bond donors (Lipinski definition) is 2. The van der Waals surface area contributed by atoms with Gasteiger partial charge in [0.2, 0.25) is 5.91 Å². The molecule has 1 aromatic rings. The van der Waals surface area contributed by atoms with E-state index in [0.29, 0.717) is 6.54 Å². The summed E-state index contributed by atoms with van der Waals surface area (Å²) < 4.78 is 1.80. The highest BCUT2D eigenvalue weighted by Crippen LogP contribution is 2.06. The number of aryl methyl sites for hydroxylation is 1. The molecule has 1 atom stereocenters. The van der Waals surface area contributed by atoms with Crippen LogP contribution in [0, 0.1) is 0 Å². The van der Waals surface area contributed by atoms with Gasteiger partial charge in [0, 0.05) is 7.05 Å². The number of carbonyl (C=O) groups excluding carboxylic acids is 1. The van der Waals surface area contributed by atoms with E-state index >= 15 is 0 Å². The Morgan fingerprint density at radius 1 is 1.62 bits per heavy atom. The highest BCUT2D eigenvalue weighted by Gasteiger charge is 2.13. The second-order valence-corrected chi connectivity index (χ2v) is 3.77. The van der Waals surface area contributed by atoms with Gasteiger partial charge in [-0.05, 0) is 19.9 Å². The van der Waals surface area contributed by atoms with E-state index in [1.54, 1.807) is 10.9 Å². The molecule has 0 radical (unpaired) electrons. The van der Waals surface area contributed by atoms with Crippen molar-refractivity contribution in [2.24, 2.45) is 7.05 Å². The Morgan fingerprint density at radius 2 is 2.38 bits per heavy atom. The molecule has 6 heteroatoms. The first-order valence-electron chi connectivity index (χ1n) is 5.49. The van der Waals surface area contributed by atoms with Crippen LogP contribution in [-0.2, 0) is 11.8 Å². The highest BCUT2D eigenvalue weighted by molar-refractivity contribution is 5.78. The summed E-state index contributed by atoms with van der Waals surface area (Å²) in [5.74, 6) is 0.729.